The maximum atomic E-state index is 12.8. The number of sulfonamides is 1. The number of carbonyl (C=O) groups is 1. The predicted molar refractivity (Wildman–Crippen MR) is 122 cm³/mol. The lowest BCUT2D eigenvalue weighted by Crippen LogP contribution is -2.35. The smallest absolute Gasteiger partial charge is 0.262 e. The first-order valence-corrected chi connectivity index (χ1v) is 12.0. The van der Waals surface area contributed by atoms with E-state index in [1.807, 2.05) is 0 Å². The molecule has 1 aliphatic rings. The third-order valence-corrected chi connectivity index (χ3v) is 7.40. The first-order valence-electron chi connectivity index (χ1n) is 10.2. The highest BCUT2D eigenvalue weighted by molar-refractivity contribution is 7.89. The molecule has 0 aliphatic carbocycles. The highest BCUT2D eigenvalue weighted by atomic mass is 35.5. The summed E-state index contributed by atoms with van der Waals surface area (Å²) in [4.78, 5) is 12.6. The average Bonchev–Trinajstić information content (AvgIpc) is 2.79. The number of nitrogens with one attached hydrogen (secondary N) is 1. The van der Waals surface area contributed by atoms with Gasteiger partial charge in [0.2, 0.25) is 10.0 Å². The number of aryl methyl sites for hydroxylation is 1. The van der Waals surface area contributed by atoms with E-state index in [4.69, 9.17) is 25.8 Å². The van der Waals surface area contributed by atoms with Crippen LogP contribution in [0.5, 0.6) is 17.2 Å². The fraction of sp³-hybridized carbons (Fsp3) is 0.409. The second kappa shape index (κ2) is 10.4. The van der Waals surface area contributed by atoms with Gasteiger partial charge in [0.15, 0.2) is 6.61 Å². The lowest BCUT2D eigenvalue weighted by atomic mass is 10.2. The van der Waals surface area contributed by atoms with E-state index in [1.165, 1.54) is 24.6 Å². The van der Waals surface area contributed by atoms with Gasteiger partial charge >= 0.3 is 0 Å². The Morgan fingerprint density at radius 3 is 2.34 bits per heavy atom. The van der Waals surface area contributed by atoms with Gasteiger partial charge in [0.1, 0.15) is 17.2 Å². The number of amides is 1. The van der Waals surface area contributed by atoms with Crippen molar-refractivity contribution in [2.45, 2.75) is 31.1 Å². The molecule has 0 bridgehead atoms. The standard InChI is InChI=1S/C22H27ClN2O6S/c1-15-11-16(32(27,28)25-9-5-4-6-10-25)7-8-19(15)31-14-22(26)24-18-13-20(29-2)17(23)12-21(18)30-3/h7-8,11-13H,4-6,9-10,14H2,1-3H3,(H,24,26). The van der Waals surface area contributed by atoms with Gasteiger partial charge in [-0.2, -0.15) is 4.31 Å². The van der Waals surface area contributed by atoms with Gasteiger partial charge in [0.05, 0.1) is 29.8 Å². The van der Waals surface area contributed by atoms with Gasteiger partial charge in [-0.05, 0) is 43.5 Å². The van der Waals surface area contributed by atoms with Crippen molar-refractivity contribution in [3.63, 3.8) is 0 Å². The summed E-state index contributed by atoms with van der Waals surface area (Å²) in [5.41, 5.74) is 1.02. The topological polar surface area (TPSA) is 94.2 Å². The number of nitrogens with zero attached hydrogens (tertiary/aromatic N) is 1. The largest absolute Gasteiger partial charge is 0.495 e. The van der Waals surface area contributed by atoms with E-state index in [-0.39, 0.29) is 11.5 Å². The highest BCUT2D eigenvalue weighted by Gasteiger charge is 2.26. The third kappa shape index (κ3) is 5.46. The molecule has 3 rings (SSSR count). The van der Waals surface area contributed by atoms with Gasteiger partial charge in [0, 0.05) is 25.2 Å². The zero-order valence-corrected chi connectivity index (χ0v) is 19.9. The molecule has 0 atom stereocenters. The highest BCUT2D eigenvalue weighted by Crippen LogP contribution is 2.36. The minimum atomic E-state index is -3.53. The van der Waals surface area contributed by atoms with Crippen molar-refractivity contribution >= 4 is 33.2 Å². The molecule has 10 heteroatoms. The minimum Gasteiger partial charge on any atom is -0.495 e. The maximum Gasteiger partial charge on any atom is 0.262 e. The zero-order valence-electron chi connectivity index (χ0n) is 18.3. The molecule has 0 aromatic heterocycles. The number of hydrogen-bond acceptors (Lipinski definition) is 6. The number of anilines is 1. The van der Waals surface area contributed by atoms with E-state index in [2.05, 4.69) is 5.32 Å². The number of benzene rings is 2. The Labute approximate surface area is 193 Å². The van der Waals surface area contributed by atoms with Crippen LogP contribution in [0.4, 0.5) is 5.69 Å². The third-order valence-electron chi connectivity index (χ3n) is 5.21. The van der Waals surface area contributed by atoms with Crippen molar-refractivity contribution in [2.75, 3.05) is 39.2 Å². The van der Waals surface area contributed by atoms with E-state index in [0.29, 0.717) is 46.6 Å². The van der Waals surface area contributed by atoms with Crippen LogP contribution in [0.1, 0.15) is 24.8 Å². The summed E-state index contributed by atoms with van der Waals surface area (Å²) < 4.78 is 43.3. The molecular weight excluding hydrogens is 456 g/mol. The summed E-state index contributed by atoms with van der Waals surface area (Å²) in [6, 6.07) is 7.76. The number of methoxy groups -OCH3 is 2. The molecule has 2 aromatic carbocycles. The Morgan fingerprint density at radius 2 is 1.72 bits per heavy atom. The molecule has 1 aliphatic heterocycles. The van der Waals surface area contributed by atoms with Gasteiger partial charge in [0.25, 0.3) is 5.91 Å². The fourth-order valence-corrected chi connectivity index (χ4v) is 5.32. The second-order valence-corrected chi connectivity index (χ2v) is 9.76. The SMILES string of the molecule is COc1cc(NC(=O)COc2ccc(S(=O)(=O)N3CCCCC3)cc2C)c(OC)cc1Cl. The molecule has 1 heterocycles. The van der Waals surface area contributed by atoms with Crippen molar-refractivity contribution in [1.29, 1.82) is 0 Å². The summed E-state index contributed by atoms with van der Waals surface area (Å²) >= 11 is 6.08. The van der Waals surface area contributed by atoms with E-state index in [9.17, 15) is 13.2 Å². The van der Waals surface area contributed by atoms with Crippen LogP contribution < -0.4 is 19.5 Å². The van der Waals surface area contributed by atoms with Crippen LogP contribution in [0.3, 0.4) is 0 Å². The Kier molecular flexibility index (Phi) is 7.86. The fourth-order valence-electron chi connectivity index (χ4n) is 3.49. The Bertz CT molecular complexity index is 1080. The number of piperidine rings is 1. The summed E-state index contributed by atoms with van der Waals surface area (Å²) in [6.45, 7) is 2.56. The van der Waals surface area contributed by atoms with E-state index in [0.717, 1.165) is 19.3 Å². The first kappa shape index (κ1) is 24.2. The Hall–Kier alpha value is -2.49. The zero-order chi connectivity index (χ0) is 23.3. The quantitative estimate of drug-likeness (QED) is 0.614. The van der Waals surface area contributed by atoms with Gasteiger partial charge < -0.3 is 19.5 Å². The number of halogens is 1. The number of hydrogen-bond donors (Lipinski definition) is 1. The van der Waals surface area contributed by atoms with Gasteiger partial charge in [-0.1, -0.05) is 18.0 Å². The van der Waals surface area contributed by atoms with Gasteiger partial charge in [-0.3, -0.25) is 4.79 Å². The summed E-state index contributed by atoms with van der Waals surface area (Å²) in [5, 5.41) is 3.06. The molecule has 174 valence electrons. The van der Waals surface area contributed by atoms with Gasteiger partial charge in [-0.25, -0.2) is 8.42 Å². The number of carbonyl (C=O) groups excluding carboxylic acids is 1. The lowest BCUT2D eigenvalue weighted by molar-refractivity contribution is -0.118. The van der Waals surface area contributed by atoms with Crippen molar-refractivity contribution in [2.24, 2.45) is 0 Å². The van der Waals surface area contributed by atoms with Crippen LogP contribution in [0.15, 0.2) is 35.2 Å². The molecular formula is C22H27ClN2O6S. The molecule has 32 heavy (non-hydrogen) atoms. The van der Waals surface area contributed by atoms with Crippen LogP contribution >= 0.6 is 11.6 Å². The molecule has 1 N–H and O–H groups in total. The number of ether oxygens (including phenoxy) is 3. The first-order chi connectivity index (χ1) is 15.3. The molecule has 1 fully saturated rings. The van der Waals surface area contributed by atoms with Gasteiger partial charge in [-0.15, -0.1) is 0 Å². The molecule has 0 saturated carbocycles. The monoisotopic (exact) mass is 482 g/mol. The van der Waals surface area contributed by atoms with Crippen molar-refractivity contribution in [3.05, 3.63) is 40.9 Å². The predicted octanol–water partition coefficient (Wildman–Crippen LogP) is 3.86. The van der Waals surface area contributed by atoms with Crippen molar-refractivity contribution in [3.8, 4) is 17.2 Å². The average molecular weight is 483 g/mol. The van der Waals surface area contributed by atoms with E-state index < -0.39 is 15.9 Å². The van der Waals surface area contributed by atoms with E-state index in [1.54, 1.807) is 31.2 Å². The molecule has 1 saturated heterocycles. The van der Waals surface area contributed by atoms with Crippen LogP contribution in [-0.2, 0) is 14.8 Å². The van der Waals surface area contributed by atoms with Crippen LogP contribution in [0.2, 0.25) is 5.02 Å². The maximum absolute atomic E-state index is 12.8. The Morgan fingerprint density at radius 1 is 1.03 bits per heavy atom. The summed E-state index contributed by atoms with van der Waals surface area (Å²) in [7, 11) is -0.591. The van der Waals surface area contributed by atoms with Crippen LogP contribution in [-0.4, -0.2) is 52.5 Å². The molecule has 0 radical (unpaired) electrons. The molecule has 0 unspecified atom stereocenters. The molecule has 2 aromatic rings. The Balaban J connectivity index is 1.67. The summed E-state index contributed by atoms with van der Waals surface area (Å²) in [6.07, 6.45) is 2.80. The van der Waals surface area contributed by atoms with Crippen molar-refractivity contribution < 1.29 is 27.4 Å². The van der Waals surface area contributed by atoms with Crippen LogP contribution in [0, 0.1) is 6.92 Å². The lowest BCUT2D eigenvalue weighted by Gasteiger charge is -2.26. The molecule has 1 amide bonds. The minimum absolute atomic E-state index is 0.228. The van der Waals surface area contributed by atoms with Crippen molar-refractivity contribution in [1.82, 2.24) is 4.31 Å². The van der Waals surface area contributed by atoms with E-state index >= 15 is 0 Å². The molecule has 0 spiro atoms. The molecule has 8 nitrogen and oxygen atoms in total. The van der Waals surface area contributed by atoms with Crippen LogP contribution in [0.25, 0.3) is 0 Å². The second-order valence-electron chi connectivity index (χ2n) is 7.42. The summed E-state index contributed by atoms with van der Waals surface area (Å²) in [5.74, 6) is 0.785. The normalized spacial score (nSPS) is 14.6. The number of rotatable bonds is 8.